The highest BCUT2D eigenvalue weighted by Crippen LogP contribution is 2.42. The van der Waals surface area contributed by atoms with Gasteiger partial charge in [-0.15, -0.1) is 0 Å². The molecule has 2 heterocycles. The number of methoxy groups -OCH3 is 3. The molecule has 0 spiro atoms. The number of carbonyl (C=O) groups excluding carboxylic acids is 2. The van der Waals surface area contributed by atoms with Crippen LogP contribution < -0.4 is 24.4 Å². The maximum atomic E-state index is 12.5. The Hall–Kier alpha value is -3.29. The fourth-order valence-electron chi connectivity index (χ4n) is 3.19. The van der Waals surface area contributed by atoms with E-state index in [1.54, 1.807) is 29.4 Å². The highest BCUT2D eigenvalue weighted by molar-refractivity contribution is 6.00. The number of benzene rings is 1. The minimum Gasteiger partial charge on any atom is -0.493 e. The summed E-state index contributed by atoms with van der Waals surface area (Å²) in [5.41, 5.74) is 1.55. The molecule has 1 aliphatic rings. The van der Waals surface area contributed by atoms with Gasteiger partial charge in [0.15, 0.2) is 11.5 Å². The number of amides is 2. The smallest absolute Gasteiger partial charge is 0.227 e. The predicted octanol–water partition coefficient (Wildman–Crippen LogP) is 1.78. The second-order valence-corrected chi connectivity index (χ2v) is 6.36. The van der Waals surface area contributed by atoms with Crippen LogP contribution in [0.3, 0.4) is 0 Å². The van der Waals surface area contributed by atoms with E-state index in [1.807, 2.05) is 12.1 Å². The molecule has 148 valence electrons. The number of anilines is 1. The van der Waals surface area contributed by atoms with Crippen LogP contribution in [0.1, 0.15) is 12.0 Å². The number of nitrogens with one attached hydrogen (secondary N) is 1. The summed E-state index contributed by atoms with van der Waals surface area (Å²) in [4.78, 5) is 30.6. The lowest BCUT2D eigenvalue weighted by atomic mass is 10.1. The minimum absolute atomic E-state index is 0.127. The Morgan fingerprint density at radius 2 is 1.79 bits per heavy atom. The predicted molar refractivity (Wildman–Crippen MR) is 103 cm³/mol. The normalized spacial score (nSPS) is 16.0. The molecule has 8 heteroatoms. The molecule has 0 bridgehead atoms. The largest absolute Gasteiger partial charge is 0.493 e. The summed E-state index contributed by atoms with van der Waals surface area (Å²) in [7, 11) is 4.55. The van der Waals surface area contributed by atoms with E-state index in [0.29, 0.717) is 36.0 Å². The van der Waals surface area contributed by atoms with Gasteiger partial charge >= 0.3 is 0 Å². The monoisotopic (exact) mass is 385 g/mol. The highest BCUT2D eigenvalue weighted by atomic mass is 16.5. The third kappa shape index (κ3) is 4.00. The van der Waals surface area contributed by atoms with Gasteiger partial charge in [0, 0.05) is 44.0 Å². The molecular formula is C20H23N3O5. The van der Waals surface area contributed by atoms with E-state index in [4.69, 9.17) is 14.2 Å². The van der Waals surface area contributed by atoms with E-state index < -0.39 is 5.92 Å². The maximum Gasteiger partial charge on any atom is 0.227 e. The first kappa shape index (κ1) is 19.5. The first-order chi connectivity index (χ1) is 13.6. The van der Waals surface area contributed by atoms with Gasteiger partial charge in [-0.05, 0) is 17.7 Å². The zero-order valence-electron chi connectivity index (χ0n) is 16.1. The van der Waals surface area contributed by atoms with E-state index in [9.17, 15) is 9.59 Å². The van der Waals surface area contributed by atoms with Crippen molar-refractivity contribution in [3.8, 4) is 17.2 Å². The van der Waals surface area contributed by atoms with Gasteiger partial charge in [0.05, 0.1) is 32.9 Å². The molecular weight excluding hydrogens is 362 g/mol. The van der Waals surface area contributed by atoms with Gasteiger partial charge in [0.1, 0.15) is 0 Å². The molecule has 28 heavy (non-hydrogen) atoms. The molecule has 3 rings (SSSR count). The van der Waals surface area contributed by atoms with Crippen molar-refractivity contribution < 1.29 is 23.8 Å². The van der Waals surface area contributed by atoms with Crippen LogP contribution in [0.5, 0.6) is 17.2 Å². The van der Waals surface area contributed by atoms with Crippen LogP contribution in [0.25, 0.3) is 0 Å². The number of hydrogen-bond donors (Lipinski definition) is 1. The molecule has 0 aliphatic carbocycles. The Morgan fingerprint density at radius 3 is 2.36 bits per heavy atom. The molecule has 0 radical (unpaired) electrons. The standard InChI is InChI=1S/C20H23N3O5/c1-26-16-9-15(10-17(27-2)19(16)28-3)23-12-14(8-18(23)24)20(25)22-11-13-4-6-21-7-5-13/h4-7,9-10,14H,8,11-12H2,1-3H3,(H,22,25). The lowest BCUT2D eigenvalue weighted by Gasteiger charge is -2.20. The second-order valence-electron chi connectivity index (χ2n) is 6.36. The summed E-state index contributed by atoms with van der Waals surface area (Å²) in [5, 5.41) is 2.88. The number of carbonyl (C=O) groups is 2. The van der Waals surface area contributed by atoms with Crippen molar-refractivity contribution >= 4 is 17.5 Å². The van der Waals surface area contributed by atoms with Crippen molar-refractivity contribution in [3.05, 3.63) is 42.2 Å². The molecule has 1 saturated heterocycles. The average molecular weight is 385 g/mol. The molecule has 1 N–H and O–H groups in total. The second kappa shape index (κ2) is 8.60. The molecule has 1 unspecified atom stereocenters. The highest BCUT2D eigenvalue weighted by Gasteiger charge is 2.35. The Labute approximate surface area is 163 Å². The van der Waals surface area contributed by atoms with Gasteiger partial charge in [-0.3, -0.25) is 14.6 Å². The van der Waals surface area contributed by atoms with Crippen molar-refractivity contribution in [3.63, 3.8) is 0 Å². The molecule has 2 aromatic rings. The number of aromatic nitrogens is 1. The summed E-state index contributed by atoms with van der Waals surface area (Å²) in [5.74, 6) is 0.657. The zero-order chi connectivity index (χ0) is 20.1. The van der Waals surface area contributed by atoms with Gasteiger partial charge in [-0.2, -0.15) is 0 Å². The van der Waals surface area contributed by atoms with Crippen molar-refractivity contribution in [2.24, 2.45) is 5.92 Å². The third-order valence-electron chi connectivity index (χ3n) is 4.67. The topological polar surface area (TPSA) is 90.0 Å². The number of pyridine rings is 1. The lowest BCUT2D eigenvalue weighted by Crippen LogP contribution is -2.32. The molecule has 8 nitrogen and oxygen atoms in total. The Balaban J connectivity index is 1.73. The minimum atomic E-state index is -0.423. The summed E-state index contributed by atoms with van der Waals surface area (Å²) in [6.45, 7) is 0.690. The van der Waals surface area contributed by atoms with Crippen molar-refractivity contribution in [1.82, 2.24) is 10.3 Å². The van der Waals surface area contributed by atoms with Gasteiger partial charge in [0.25, 0.3) is 0 Å². The first-order valence-corrected chi connectivity index (χ1v) is 8.84. The number of rotatable bonds is 7. The number of hydrogen-bond acceptors (Lipinski definition) is 6. The van der Waals surface area contributed by atoms with Crippen LogP contribution >= 0.6 is 0 Å². The van der Waals surface area contributed by atoms with E-state index in [1.165, 1.54) is 21.3 Å². The van der Waals surface area contributed by atoms with Gasteiger partial charge in [-0.25, -0.2) is 0 Å². The van der Waals surface area contributed by atoms with Gasteiger partial charge < -0.3 is 24.4 Å². The van der Waals surface area contributed by atoms with Crippen LogP contribution in [0.4, 0.5) is 5.69 Å². The Bertz CT molecular complexity index is 831. The van der Waals surface area contributed by atoms with Crippen molar-refractivity contribution in [1.29, 1.82) is 0 Å². The summed E-state index contributed by atoms with van der Waals surface area (Å²) < 4.78 is 16.0. The molecule has 1 fully saturated rings. The molecule has 0 saturated carbocycles. The summed E-state index contributed by atoms with van der Waals surface area (Å²) in [6, 6.07) is 7.08. The molecule has 1 aromatic carbocycles. The number of ether oxygens (including phenoxy) is 3. The van der Waals surface area contributed by atoms with E-state index in [2.05, 4.69) is 10.3 Å². The summed E-state index contributed by atoms with van der Waals surface area (Å²) >= 11 is 0. The van der Waals surface area contributed by atoms with E-state index in [0.717, 1.165) is 5.56 Å². The van der Waals surface area contributed by atoms with Gasteiger partial charge in [0.2, 0.25) is 17.6 Å². The molecule has 1 aromatic heterocycles. The molecule has 2 amide bonds. The average Bonchev–Trinajstić information content (AvgIpc) is 3.13. The van der Waals surface area contributed by atoms with Crippen molar-refractivity contribution in [2.75, 3.05) is 32.8 Å². The van der Waals surface area contributed by atoms with Crippen LogP contribution in [-0.4, -0.2) is 44.7 Å². The van der Waals surface area contributed by atoms with Crippen LogP contribution in [-0.2, 0) is 16.1 Å². The van der Waals surface area contributed by atoms with Crippen LogP contribution in [0.15, 0.2) is 36.7 Å². The molecule has 1 aliphatic heterocycles. The fourth-order valence-corrected chi connectivity index (χ4v) is 3.19. The quantitative estimate of drug-likeness (QED) is 0.781. The lowest BCUT2D eigenvalue weighted by molar-refractivity contribution is -0.126. The Morgan fingerprint density at radius 1 is 1.14 bits per heavy atom. The number of nitrogens with zero attached hydrogens (tertiary/aromatic N) is 2. The van der Waals surface area contributed by atoms with E-state index in [-0.39, 0.29) is 18.2 Å². The van der Waals surface area contributed by atoms with Crippen LogP contribution in [0, 0.1) is 5.92 Å². The fraction of sp³-hybridized carbons (Fsp3) is 0.350. The van der Waals surface area contributed by atoms with E-state index >= 15 is 0 Å². The SMILES string of the molecule is COc1cc(N2CC(C(=O)NCc3ccncc3)CC2=O)cc(OC)c1OC. The first-order valence-electron chi connectivity index (χ1n) is 8.84. The van der Waals surface area contributed by atoms with Crippen LogP contribution in [0.2, 0.25) is 0 Å². The zero-order valence-corrected chi connectivity index (χ0v) is 16.1. The van der Waals surface area contributed by atoms with Crippen molar-refractivity contribution in [2.45, 2.75) is 13.0 Å². The Kier molecular flexibility index (Phi) is 5.98. The van der Waals surface area contributed by atoms with Gasteiger partial charge in [-0.1, -0.05) is 0 Å². The molecule has 1 atom stereocenters. The third-order valence-corrected chi connectivity index (χ3v) is 4.67. The maximum absolute atomic E-state index is 12.5. The summed E-state index contributed by atoms with van der Waals surface area (Å²) in [6.07, 6.45) is 3.50.